The highest BCUT2D eigenvalue weighted by molar-refractivity contribution is 6.76. The average Bonchev–Trinajstić information content (AvgIpc) is 2.53. The second kappa shape index (κ2) is 16.3. The van der Waals surface area contributed by atoms with E-state index in [1.54, 1.807) is 0 Å². The summed E-state index contributed by atoms with van der Waals surface area (Å²) >= 11 is 0. The number of aliphatic carboxylic acids is 1. The van der Waals surface area contributed by atoms with Gasteiger partial charge >= 0.3 is 11.9 Å². The Labute approximate surface area is 162 Å². The monoisotopic (exact) mass is 386 g/mol. The molecular formula is C21H42O4Si. The Kier molecular flexibility index (Phi) is 15.8. The standard InChI is InChI=1S/C21H42O4Si/c1-26(2,3)19-18-25-21(24)17-15-13-11-9-7-5-4-6-8-10-12-14-16-20(22)23/h4-19H2,1-3H3,(H,22,23). The first-order chi connectivity index (χ1) is 12.3. The minimum absolute atomic E-state index is 0.0217. The van der Waals surface area contributed by atoms with Crippen LogP contribution in [0.3, 0.4) is 0 Å². The van der Waals surface area contributed by atoms with Crippen LogP contribution in [-0.4, -0.2) is 31.7 Å². The van der Waals surface area contributed by atoms with Gasteiger partial charge in [0.15, 0.2) is 0 Å². The Morgan fingerprint density at radius 2 is 1.08 bits per heavy atom. The van der Waals surface area contributed by atoms with Gasteiger partial charge in [0.05, 0.1) is 6.61 Å². The van der Waals surface area contributed by atoms with Crippen molar-refractivity contribution < 1.29 is 19.4 Å². The fraction of sp³-hybridized carbons (Fsp3) is 0.905. The number of carbonyl (C=O) groups excluding carboxylic acids is 1. The maximum absolute atomic E-state index is 11.6. The molecule has 26 heavy (non-hydrogen) atoms. The maximum Gasteiger partial charge on any atom is 0.305 e. The third kappa shape index (κ3) is 21.2. The molecule has 5 heteroatoms. The Bertz CT molecular complexity index is 364. The molecule has 0 aliphatic rings. The number of ether oxygens (including phenoxy) is 1. The molecule has 4 nitrogen and oxygen atoms in total. The van der Waals surface area contributed by atoms with Crippen LogP contribution in [0.25, 0.3) is 0 Å². The molecule has 0 rings (SSSR count). The number of rotatable bonds is 18. The van der Waals surface area contributed by atoms with E-state index in [-0.39, 0.29) is 5.97 Å². The Morgan fingerprint density at radius 3 is 1.46 bits per heavy atom. The number of hydrogen-bond donors (Lipinski definition) is 1. The molecule has 1 N–H and O–H groups in total. The number of carboxylic acids is 1. The first-order valence-corrected chi connectivity index (χ1v) is 14.4. The fourth-order valence-electron chi connectivity index (χ4n) is 2.86. The van der Waals surface area contributed by atoms with E-state index in [0.29, 0.717) is 19.4 Å². The van der Waals surface area contributed by atoms with Crippen molar-refractivity contribution in [1.29, 1.82) is 0 Å². The molecule has 0 bridgehead atoms. The lowest BCUT2D eigenvalue weighted by Gasteiger charge is -2.15. The van der Waals surface area contributed by atoms with Crippen LogP contribution in [-0.2, 0) is 14.3 Å². The summed E-state index contributed by atoms with van der Waals surface area (Å²) in [7, 11) is -1.10. The quantitative estimate of drug-likeness (QED) is 0.168. The van der Waals surface area contributed by atoms with Gasteiger partial charge < -0.3 is 9.84 Å². The maximum atomic E-state index is 11.6. The molecule has 0 aromatic heterocycles. The van der Waals surface area contributed by atoms with Gasteiger partial charge in [-0.05, 0) is 18.9 Å². The minimum atomic E-state index is -1.10. The van der Waals surface area contributed by atoms with Crippen molar-refractivity contribution in [2.45, 2.75) is 116 Å². The smallest absolute Gasteiger partial charge is 0.305 e. The van der Waals surface area contributed by atoms with Crippen molar-refractivity contribution in [2.24, 2.45) is 0 Å². The van der Waals surface area contributed by atoms with Crippen LogP contribution in [0.1, 0.15) is 89.9 Å². The first-order valence-electron chi connectivity index (χ1n) is 10.7. The van der Waals surface area contributed by atoms with Gasteiger partial charge in [-0.15, -0.1) is 0 Å². The zero-order valence-electron chi connectivity index (χ0n) is 17.5. The van der Waals surface area contributed by atoms with Crippen LogP contribution in [0, 0.1) is 0 Å². The Balaban J connectivity index is 3.19. The van der Waals surface area contributed by atoms with Crippen molar-refractivity contribution in [1.82, 2.24) is 0 Å². The first kappa shape index (κ1) is 25.2. The van der Waals surface area contributed by atoms with Gasteiger partial charge in [-0.25, -0.2) is 0 Å². The summed E-state index contributed by atoms with van der Waals surface area (Å²) in [6.07, 6.45) is 14.9. The van der Waals surface area contributed by atoms with Gasteiger partial charge in [-0.2, -0.15) is 0 Å². The highest BCUT2D eigenvalue weighted by Gasteiger charge is 2.13. The second-order valence-electron chi connectivity index (χ2n) is 8.67. The van der Waals surface area contributed by atoms with Crippen LogP contribution >= 0.6 is 0 Å². The number of carboxylic acid groups (broad SMARTS) is 1. The van der Waals surface area contributed by atoms with Crippen molar-refractivity contribution in [3.05, 3.63) is 0 Å². The summed E-state index contributed by atoms with van der Waals surface area (Å²) in [4.78, 5) is 22.0. The third-order valence-corrected chi connectivity index (χ3v) is 6.34. The zero-order valence-corrected chi connectivity index (χ0v) is 18.5. The van der Waals surface area contributed by atoms with Crippen molar-refractivity contribution >= 4 is 20.0 Å². The molecule has 0 atom stereocenters. The Hall–Kier alpha value is -0.843. The summed E-state index contributed by atoms with van der Waals surface area (Å²) in [6.45, 7) is 7.49. The molecule has 0 heterocycles. The molecule has 0 aromatic rings. The van der Waals surface area contributed by atoms with E-state index in [1.807, 2.05) is 0 Å². The van der Waals surface area contributed by atoms with Gasteiger partial charge in [0, 0.05) is 20.9 Å². The predicted octanol–water partition coefficient (Wildman–Crippen LogP) is 6.41. The van der Waals surface area contributed by atoms with E-state index in [2.05, 4.69) is 19.6 Å². The topological polar surface area (TPSA) is 63.6 Å². The number of hydrogen-bond acceptors (Lipinski definition) is 3. The number of unbranched alkanes of at least 4 members (excludes halogenated alkanes) is 11. The summed E-state index contributed by atoms with van der Waals surface area (Å²) < 4.78 is 5.30. The van der Waals surface area contributed by atoms with Gasteiger partial charge in [-0.3, -0.25) is 9.59 Å². The third-order valence-electron chi connectivity index (χ3n) is 4.64. The van der Waals surface area contributed by atoms with Crippen molar-refractivity contribution in [2.75, 3.05) is 6.61 Å². The van der Waals surface area contributed by atoms with Gasteiger partial charge in [-0.1, -0.05) is 83.8 Å². The lowest BCUT2D eigenvalue weighted by atomic mass is 10.0. The lowest BCUT2D eigenvalue weighted by molar-refractivity contribution is -0.143. The molecule has 0 aliphatic carbocycles. The fourth-order valence-corrected chi connectivity index (χ4v) is 3.57. The zero-order chi connectivity index (χ0) is 19.7. The van der Waals surface area contributed by atoms with E-state index in [1.165, 1.54) is 51.4 Å². The molecule has 0 fully saturated rings. The molecule has 0 unspecified atom stereocenters. The van der Waals surface area contributed by atoms with Gasteiger partial charge in [0.25, 0.3) is 0 Å². The summed E-state index contributed by atoms with van der Waals surface area (Å²) in [5.41, 5.74) is 0. The number of esters is 1. The summed E-state index contributed by atoms with van der Waals surface area (Å²) in [5.74, 6) is -0.699. The van der Waals surface area contributed by atoms with Crippen molar-refractivity contribution in [3.63, 3.8) is 0 Å². The largest absolute Gasteiger partial charge is 0.481 e. The highest BCUT2D eigenvalue weighted by Crippen LogP contribution is 2.13. The lowest BCUT2D eigenvalue weighted by Crippen LogP contribution is -2.22. The summed E-state index contributed by atoms with van der Waals surface area (Å²) in [5, 5.41) is 8.56. The Morgan fingerprint density at radius 1 is 0.692 bits per heavy atom. The SMILES string of the molecule is C[Si](C)(C)CCOC(=O)CCCCCCCCCCCCCCC(=O)O. The molecule has 154 valence electrons. The van der Waals surface area contributed by atoms with Gasteiger partial charge in [0.2, 0.25) is 0 Å². The average molecular weight is 387 g/mol. The van der Waals surface area contributed by atoms with Crippen LogP contribution in [0.2, 0.25) is 25.7 Å². The molecule has 0 saturated carbocycles. The molecule has 0 amide bonds. The van der Waals surface area contributed by atoms with Crippen LogP contribution in [0.5, 0.6) is 0 Å². The molecule has 0 radical (unpaired) electrons. The molecule has 0 spiro atoms. The normalized spacial score (nSPS) is 11.5. The van der Waals surface area contributed by atoms with E-state index in [4.69, 9.17) is 9.84 Å². The molecule has 0 aliphatic heterocycles. The predicted molar refractivity (Wildman–Crippen MR) is 111 cm³/mol. The summed E-state index contributed by atoms with van der Waals surface area (Å²) in [6, 6.07) is 1.06. The van der Waals surface area contributed by atoms with E-state index in [9.17, 15) is 9.59 Å². The van der Waals surface area contributed by atoms with Crippen LogP contribution < -0.4 is 0 Å². The number of carbonyl (C=O) groups is 2. The van der Waals surface area contributed by atoms with Gasteiger partial charge in [0.1, 0.15) is 0 Å². The molecule has 0 saturated heterocycles. The molecule has 0 aromatic carbocycles. The van der Waals surface area contributed by atoms with E-state index < -0.39 is 14.0 Å². The molecular weight excluding hydrogens is 344 g/mol. The van der Waals surface area contributed by atoms with Crippen LogP contribution in [0.4, 0.5) is 0 Å². The highest BCUT2D eigenvalue weighted by atomic mass is 28.3. The van der Waals surface area contributed by atoms with Crippen LogP contribution in [0.15, 0.2) is 0 Å². The minimum Gasteiger partial charge on any atom is -0.481 e. The van der Waals surface area contributed by atoms with E-state index in [0.717, 1.165) is 31.7 Å². The van der Waals surface area contributed by atoms with E-state index >= 15 is 0 Å². The van der Waals surface area contributed by atoms with Crippen molar-refractivity contribution in [3.8, 4) is 0 Å². The second-order valence-corrected chi connectivity index (χ2v) is 14.3.